The van der Waals surface area contributed by atoms with Gasteiger partial charge in [0.25, 0.3) is 0 Å². The minimum atomic E-state index is 0.471. The van der Waals surface area contributed by atoms with Gasteiger partial charge in [0.05, 0.1) is 0 Å². The SMILES string of the molecule is CC1CCC(Nc2nccn2C(C)C)C1C. The van der Waals surface area contributed by atoms with Crippen LogP contribution in [0.1, 0.15) is 46.6 Å². The maximum atomic E-state index is 4.41. The molecule has 1 aliphatic rings. The third kappa shape index (κ3) is 2.08. The summed E-state index contributed by atoms with van der Waals surface area (Å²) in [6.07, 6.45) is 6.54. The van der Waals surface area contributed by atoms with Gasteiger partial charge >= 0.3 is 0 Å². The van der Waals surface area contributed by atoms with E-state index in [4.69, 9.17) is 0 Å². The maximum absolute atomic E-state index is 4.41. The highest BCUT2D eigenvalue weighted by Gasteiger charge is 2.30. The van der Waals surface area contributed by atoms with E-state index in [2.05, 4.69) is 48.8 Å². The Labute approximate surface area is 98.3 Å². The maximum Gasteiger partial charge on any atom is 0.203 e. The minimum Gasteiger partial charge on any atom is -0.353 e. The Morgan fingerprint density at radius 3 is 2.69 bits per heavy atom. The van der Waals surface area contributed by atoms with E-state index in [0.29, 0.717) is 12.1 Å². The van der Waals surface area contributed by atoms with Crippen LogP contribution in [-0.2, 0) is 0 Å². The van der Waals surface area contributed by atoms with E-state index in [9.17, 15) is 0 Å². The van der Waals surface area contributed by atoms with Crippen LogP contribution in [0.15, 0.2) is 12.4 Å². The summed E-state index contributed by atoms with van der Waals surface area (Å²) >= 11 is 0. The van der Waals surface area contributed by atoms with Crippen LogP contribution in [0.5, 0.6) is 0 Å². The van der Waals surface area contributed by atoms with Crippen LogP contribution in [0.2, 0.25) is 0 Å². The van der Waals surface area contributed by atoms with Crippen molar-refractivity contribution < 1.29 is 0 Å². The zero-order valence-corrected chi connectivity index (χ0v) is 10.8. The lowest BCUT2D eigenvalue weighted by molar-refractivity contribution is 0.432. The second kappa shape index (κ2) is 4.48. The van der Waals surface area contributed by atoms with Gasteiger partial charge in [-0.15, -0.1) is 0 Å². The Morgan fingerprint density at radius 2 is 2.12 bits per heavy atom. The molecule has 3 heteroatoms. The Balaban J connectivity index is 2.06. The van der Waals surface area contributed by atoms with Crippen molar-refractivity contribution in [2.75, 3.05) is 5.32 Å². The number of hydrogen-bond acceptors (Lipinski definition) is 2. The fourth-order valence-electron chi connectivity index (χ4n) is 2.58. The molecule has 90 valence electrons. The van der Waals surface area contributed by atoms with Crippen LogP contribution in [0, 0.1) is 11.8 Å². The molecule has 1 aromatic rings. The number of rotatable bonds is 3. The molecule has 3 nitrogen and oxygen atoms in total. The van der Waals surface area contributed by atoms with Gasteiger partial charge in [0.1, 0.15) is 0 Å². The van der Waals surface area contributed by atoms with E-state index in [1.54, 1.807) is 0 Å². The highest BCUT2D eigenvalue weighted by atomic mass is 15.2. The summed E-state index contributed by atoms with van der Waals surface area (Å²) in [5.41, 5.74) is 0. The predicted molar refractivity (Wildman–Crippen MR) is 67.6 cm³/mol. The molecule has 0 spiro atoms. The van der Waals surface area contributed by atoms with Gasteiger partial charge in [-0.3, -0.25) is 0 Å². The highest BCUT2D eigenvalue weighted by Crippen LogP contribution is 2.33. The third-order valence-electron chi connectivity index (χ3n) is 4.00. The van der Waals surface area contributed by atoms with Crippen LogP contribution < -0.4 is 5.32 Å². The Kier molecular flexibility index (Phi) is 3.22. The van der Waals surface area contributed by atoms with Crippen molar-refractivity contribution in [3.8, 4) is 0 Å². The molecule has 16 heavy (non-hydrogen) atoms. The van der Waals surface area contributed by atoms with E-state index in [1.165, 1.54) is 12.8 Å². The van der Waals surface area contributed by atoms with Gasteiger partial charge < -0.3 is 9.88 Å². The molecule has 0 saturated heterocycles. The predicted octanol–water partition coefficient (Wildman–Crippen LogP) is 3.31. The molecule has 1 aliphatic carbocycles. The molecule has 1 fully saturated rings. The minimum absolute atomic E-state index is 0.471. The van der Waals surface area contributed by atoms with Crippen molar-refractivity contribution in [1.82, 2.24) is 9.55 Å². The fourth-order valence-corrected chi connectivity index (χ4v) is 2.58. The fraction of sp³-hybridized carbons (Fsp3) is 0.769. The van der Waals surface area contributed by atoms with E-state index >= 15 is 0 Å². The van der Waals surface area contributed by atoms with Crippen LogP contribution in [0.25, 0.3) is 0 Å². The van der Waals surface area contributed by atoms with Crippen molar-refractivity contribution in [2.45, 2.75) is 52.6 Å². The van der Waals surface area contributed by atoms with Crippen LogP contribution >= 0.6 is 0 Å². The van der Waals surface area contributed by atoms with Crippen molar-refractivity contribution >= 4 is 5.95 Å². The lowest BCUT2D eigenvalue weighted by Gasteiger charge is -2.21. The van der Waals surface area contributed by atoms with E-state index in [0.717, 1.165) is 17.8 Å². The lowest BCUT2D eigenvalue weighted by atomic mass is 9.98. The van der Waals surface area contributed by atoms with E-state index in [-0.39, 0.29) is 0 Å². The number of aromatic nitrogens is 2. The van der Waals surface area contributed by atoms with E-state index < -0.39 is 0 Å². The molecule has 2 rings (SSSR count). The summed E-state index contributed by atoms with van der Waals surface area (Å²) in [5, 5.41) is 3.60. The largest absolute Gasteiger partial charge is 0.353 e. The first kappa shape index (κ1) is 11.5. The Bertz CT molecular complexity index is 343. The summed E-state index contributed by atoms with van der Waals surface area (Å²) in [4.78, 5) is 4.41. The molecule has 0 amide bonds. The average molecular weight is 221 g/mol. The molecule has 3 atom stereocenters. The monoisotopic (exact) mass is 221 g/mol. The summed E-state index contributed by atoms with van der Waals surface area (Å²) in [6.45, 7) is 9.07. The molecule has 0 aromatic carbocycles. The Hall–Kier alpha value is -0.990. The Morgan fingerprint density at radius 1 is 1.38 bits per heavy atom. The van der Waals surface area contributed by atoms with Crippen LogP contribution in [-0.4, -0.2) is 15.6 Å². The number of imidazole rings is 1. The standard InChI is InChI=1S/C13H23N3/c1-9(2)16-8-7-14-13(16)15-12-6-5-10(3)11(12)4/h7-12H,5-6H2,1-4H3,(H,14,15). The van der Waals surface area contributed by atoms with Gasteiger partial charge in [-0.1, -0.05) is 13.8 Å². The van der Waals surface area contributed by atoms with Crippen molar-refractivity contribution in [3.05, 3.63) is 12.4 Å². The smallest absolute Gasteiger partial charge is 0.203 e. The molecule has 0 radical (unpaired) electrons. The molecule has 1 heterocycles. The molecule has 0 aliphatic heterocycles. The molecule has 1 saturated carbocycles. The molecule has 0 bridgehead atoms. The van der Waals surface area contributed by atoms with Crippen molar-refractivity contribution in [1.29, 1.82) is 0 Å². The molecular formula is C13H23N3. The second-order valence-corrected chi connectivity index (χ2v) is 5.42. The number of hydrogen-bond donors (Lipinski definition) is 1. The molecular weight excluding hydrogens is 198 g/mol. The van der Waals surface area contributed by atoms with Crippen molar-refractivity contribution in [2.24, 2.45) is 11.8 Å². The van der Waals surface area contributed by atoms with Crippen molar-refractivity contribution in [3.63, 3.8) is 0 Å². The quantitative estimate of drug-likeness (QED) is 0.848. The number of nitrogens with zero attached hydrogens (tertiary/aromatic N) is 2. The summed E-state index contributed by atoms with van der Waals surface area (Å²) in [6, 6.07) is 1.06. The van der Waals surface area contributed by atoms with Gasteiger partial charge in [0, 0.05) is 24.5 Å². The normalized spacial score (nSPS) is 29.9. The average Bonchev–Trinajstić information content (AvgIpc) is 2.80. The topological polar surface area (TPSA) is 29.9 Å². The van der Waals surface area contributed by atoms with Gasteiger partial charge in [0.15, 0.2) is 0 Å². The molecule has 1 N–H and O–H groups in total. The summed E-state index contributed by atoms with van der Waals surface area (Å²) < 4.78 is 2.20. The molecule has 3 unspecified atom stereocenters. The van der Waals surface area contributed by atoms with Gasteiger partial charge in [0.2, 0.25) is 5.95 Å². The highest BCUT2D eigenvalue weighted by molar-refractivity contribution is 5.29. The van der Waals surface area contributed by atoms with Gasteiger partial charge in [-0.25, -0.2) is 4.98 Å². The van der Waals surface area contributed by atoms with Gasteiger partial charge in [-0.2, -0.15) is 0 Å². The second-order valence-electron chi connectivity index (χ2n) is 5.42. The first-order valence-electron chi connectivity index (χ1n) is 6.39. The zero-order chi connectivity index (χ0) is 11.7. The summed E-state index contributed by atoms with van der Waals surface area (Å²) in [5.74, 6) is 2.61. The van der Waals surface area contributed by atoms with Crippen LogP contribution in [0.4, 0.5) is 5.95 Å². The zero-order valence-electron chi connectivity index (χ0n) is 10.8. The first-order valence-corrected chi connectivity index (χ1v) is 6.39. The molecule has 1 aromatic heterocycles. The first-order chi connectivity index (χ1) is 7.59. The third-order valence-corrected chi connectivity index (χ3v) is 4.00. The lowest BCUT2D eigenvalue weighted by Crippen LogP contribution is -2.26. The number of anilines is 1. The van der Waals surface area contributed by atoms with E-state index in [1.807, 2.05) is 6.20 Å². The van der Waals surface area contributed by atoms with Gasteiger partial charge in [-0.05, 0) is 38.5 Å². The summed E-state index contributed by atoms with van der Waals surface area (Å²) in [7, 11) is 0. The number of nitrogens with one attached hydrogen (secondary N) is 1. The van der Waals surface area contributed by atoms with Crippen LogP contribution in [0.3, 0.4) is 0 Å².